The zero-order valence-corrected chi connectivity index (χ0v) is 54.2. The van der Waals surface area contributed by atoms with E-state index in [0.29, 0.717) is 25.9 Å². The molecule has 10 N–H and O–H groups in total. The molecule has 33 heteroatoms. The number of carbonyl (C=O) groups excluding carboxylic acids is 1. The van der Waals surface area contributed by atoms with Gasteiger partial charge in [0, 0.05) is 93.1 Å². The number of ketones is 1. The van der Waals surface area contributed by atoms with E-state index in [-0.39, 0.29) is 86.5 Å². The molecule has 1 aromatic rings. The number of methoxy groups -OCH3 is 8. The van der Waals surface area contributed by atoms with Gasteiger partial charge in [-0.15, -0.1) is 0 Å². The maximum Gasteiger partial charge on any atom is 1.00 e. The van der Waals surface area contributed by atoms with E-state index in [4.69, 9.17) is 76.5 Å². The maximum atomic E-state index is 11.7. The molecule has 4 fully saturated rings. The van der Waals surface area contributed by atoms with Crippen molar-refractivity contribution in [3.8, 4) is 0 Å². The third-order valence-electron chi connectivity index (χ3n) is 13.7. The van der Waals surface area contributed by atoms with Crippen molar-refractivity contribution in [2.24, 2.45) is 5.92 Å². The summed E-state index contributed by atoms with van der Waals surface area (Å²) in [5.74, 6) is 0.0851. The minimum absolute atomic E-state index is 0. The van der Waals surface area contributed by atoms with Crippen molar-refractivity contribution in [3.05, 3.63) is 35.4 Å². The summed E-state index contributed by atoms with van der Waals surface area (Å²) >= 11 is -2.02. The van der Waals surface area contributed by atoms with E-state index in [9.17, 15) is 67.4 Å². The quantitative estimate of drug-likeness (QED) is 0.0129. The molecule has 30 nitrogen and oxygen atoms in total. The zero-order chi connectivity index (χ0) is 63.9. The second-order valence-corrected chi connectivity index (χ2v) is 22.1. The molecule has 496 valence electrons. The number of Topliss-reactive ketones (excluding diaryl/α,β-unsaturated/α-hetero) is 1. The standard InChI is InChI=1S/C12H24O9S.C12H24O8S.C12H16O.2C8H16O6.Na/c1-18-11-8(21-12(19-2)10(14)9(11)13)7-20-5-3-4-6-22(15,16)17;1-17-11-8(7-19-5-3-4-6-21(15)16)20-12(18-2)10(14)9(11)13;1-4-10(3)12(13)11-7-5-6-9(2)8-11;2*1-12-7-4(3-9)14-8(13-2)6(11)5(7)10;/h8-14H,3-7H2,1-2H3,(H,15,16,17);8-14H,3-7H2,1-2H3,(H,15,16);5-8,10H,4H2,1-3H3;2*4-11H,3H2,1-2H3;/q;;;;;+1/p-2. The van der Waals surface area contributed by atoms with Gasteiger partial charge < -0.3 is 126 Å². The van der Waals surface area contributed by atoms with Gasteiger partial charge in [0.15, 0.2) is 30.9 Å². The van der Waals surface area contributed by atoms with Crippen molar-refractivity contribution >= 4 is 27.0 Å². The molecule has 4 heterocycles. The molecule has 22 unspecified atom stereocenters. The van der Waals surface area contributed by atoms with E-state index in [2.05, 4.69) is 0 Å². The van der Waals surface area contributed by atoms with Crippen molar-refractivity contribution in [2.75, 3.05) is 108 Å². The van der Waals surface area contributed by atoms with Crippen LogP contribution in [0.5, 0.6) is 0 Å². The van der Waals surface area contributed by atoms with Gasteiger partial charge in [-0.3, -0.25) is 9.00 Å². The first-order valence-electron chi connectivity index (χ1n) is 27.0. The predicted molar refractivity (Wildman–Crippen MR) is 292 cm³/mol. The van der Waals surface area contributed by atoms with Gasteiger partial charge in [-0.1, -0.05) is 48.7 Å². The van der Waals surface area contributed by atoms with E-state index < -0.39 is 150 Å². The molecule has 0 saturated carbocycles. The number of aliphatic hydroxyl groups excluding tert-OH is 10. The fraction of sp³-hybridized carbons (Fsp3) is 0.865. The number of carbonyl (C=O) groups is 1. The summed E-state index contributed by atoms with van der Waals surface area (Å²) in [5, 5.41) is 95.5. The average molecular weight is 1290 g/mol. The molecule has 4 aliphatic heterocycles. The molecule has 4 saturated heterocycles. The zero-order valence-electron chi connectivity index (χ0n) is 50.6. The minimum atomic E-state index is -4.20. The Bertz CT molecular complexity index is 1980. The Hall–Kier alpha value is -1.05. The van der Waals surface area contributed by atoms with Crippen molar-refractivity contribution in [2.45, 2.75) is 176 Å². The molecule has 85 heavy (non-hydrogen) atoms. The van der Waals surface area contributed by atoms with Gasteiger partial charge in [-0.2, -0.15) is 0 Å². The van der Waals surface area contributed by atoms with E-state index in [1.54, 1.807) is 0 Å². The Balaban J connectivity index is 0.00000105. The Kier molecular flexibility index (Phi) is 44.7. The summed E-state index contributed by atoms with van der Waals surface area (Å²) in [6, 6.07) is 7.79. The van der Waals surface area contributed by atoms with Crippen LogP contribution in [0.4, 0.5) is 0 Å². The summed E-state index contributed by atoms with van der Waals surface area (Å²) in [7, 11) is 6.75. The summed E-state index contributed by atoms with van der Waals surface area (Å²) < 4.78 is 124. The summed E-state index contributed by atoms with van der Waals surface area (Å²) in [6.07, 6.45) is -16.1. The van der Waals surface area contributed by atoms with Crippen LogP contribution in [0.25, 0.3) is 0 Å². The number of benzene rings is 1. The van der Waals surface area contributed by atoms with Crippen molar-refractivity contribution < 1.29 is 173 Å². The molecule has 22 atom stereocenters. The molecule has 0 spiro atoms. The summed E-state index contributed by atoms with van der Waals surface area (Å²) in [6.45, 7) is 6.27. The van der Waals surface area contributed by atoms with Crippen molar-refractivity contribution in [1.82, 2.24) is 0 Å². The van der Waals surface area contributed by atoms with Gasteiger partial charge in [-0.05, 0) is 45.1 Å². The third kappa shape index (κ3) is 28.6. The minimum Gasteiger partial charge on any atom is -0.772 e. The maximum absolute atomic E-state index is 11.7. The molecule has 0 radical (unpaired) electrons. The number of rotatable bonds is 27. The number of hydrogen-bond acceptors (Lipinski definition) is 30. The molecule has 0 bridgehead atoms. The van der Waals surface area contributed by atoms with E-state index in [1.807, 2.05) is 45.0 Å². The monoisotopic (exact) mass is 1290 g/mol. The van der Waals surface area contributed by atoms with Gasteiger partial charge in [0.25, 0.3) is 0 Å². The number of unbranched alkanes of at least 4 members (excludes halogenated alkanes) is 2. The summed E-state index contributed by atoms with van der Waals surface area (Å²) in [4.78, 5) is 11.7. The van der Waals surface area contributed by atoms with Crippen LogP contribution in [0.15, 0.2) is 24.3 Å². The van der Waals surface area contributed by atoms with Crippen LogP contribution >= 0.6 is 0 Å². The molecule has 1 aromatic carbocycles. The van der Waals surface area contributed by atoms with Gasteiger partial charge in [-0.25, -0.2) is 8.42 Å². The molecule has 0 aliphatic carbocycles. The topological polar surface area (TPSA) is 446 Å². The van der Waals surface area contributed by atoms with Gasteiger partial charge in [0.1, 0.15) is 97.7 Å². The second-order valence-electron chi connectivity index (χ2n) is 19.6. The van der Waals surface area contributed by atoms with E-state index in [1.165, 1.54) is 56.9 Å². The first-order chi connectivity index (χ1) is 39.8. The molecule has 0 amide bonds. The summed E-state index contributed by atoms with van der Waals surface area (Å²) in [5.41, 5.74) is 1.99. The van der Waals surface area contributed by atoms with E-state index in [0.717, 1.165) is 17.5 Å². The Morgan fingerprint density at radius 2 is 0.918 bits per heavy atom. The van der Waals surface area contributed by atoms with Crippen LogP contribution < -0.4 is 29.6 Å². The van der Waals surface area contributed by atoms with Crippen molar-refractivity contribution in [3.63, 3.8) is 0 Å². The fourth-order valence-corrected chi connectivity index (χ4v) is 9.70. The fourth-order valence-electron chi connectivity index (χ4n) is 8.70. The molecule has 0 aromatic heterocycles. The molecule has 5 rings (SSSR count). The molecular weight excluding hydrogens is 1190 g/mol. The Labute approximate surface area is 522 Å². The Morgan fingerprint density at radius 1 is 0.576 bits per heavy atom. The van der Waals surface area contributed by atoms with Crippen LogP contribution in [0.3, 0.4) is 0 Å². The predicted octanol–water partition coefficient (Wildman–Crippen LogP) is -6.39. The normalized spacial score (nSPS) is 33.5. The van der Waals surface area contributed by atoms with Crippen LogP contribution in [-0.2, 0) is 87.5 Å². The van der Waals surface area contributed by atoms with E-state index >= 15 is 0 Å². The van der Waals surface area contributed by atoms with Crippen molar-refractivity contribution in [1.29, 1.82) is 0 Å². The van der Waals surface area contributed by atoms with Gasteiger partial charge in [0.05, 0.1) is 36.5 Å². The Morgan fingerprint density at radius 3 is 1.21 bits per heavy atom. The second kappa shape index (κ2) is 45.3. The van der Waals surface area contributed by atoms with Gasteiger partial charge >= 0.3 is 29.6 Å². The molecular formula is C52H94NaO30S2-. The van der Waals surface area contributed by atoms with Gasteiger partial charge in [0.2, 0.25) is 0 Å². The largest absolute Gasteiger partial charge is 1.00 e. The average Bonchev–Trinajstić information content (AvgIpc) is 3.42. The first-order valence-corrected chi connectivity index (χ1v) is 29.8. The number of ether oxygens (including phenoxy) is 14. The third-order valence-corrected chi connectivity index (χ3v) is 15.1. The van der Waals surface area contributed by atoms with Crippen LogP contribution in [-0.4, -0.2) is 309 Å². The molecule has 4 aliphatic rings. The smallest absolute Gasteiger partial charge is 0.772 e. The number of aryl methyl sites for hydroxylation is 1. The van der Waals surface area contributed by atoms with Crippen LogP contribution in [0, 0.1) is 12.8 Å². The first kappa shape index (κ1) is 84.0. The van der Waals surface area contributed by atoms with Crippen LogP contribution in [0.1, 0.15) is 61.9 Å². The number of hydrogen-bond donors (Lipinski definition) is 10. The SMILES string of the molecule is CCC(C)C(=O)c1cccc(C)c1.COC1OC(CO)C(OC)C(O)C1O.COC1OC(CO)C(OC)C(O)C1O.COC1OC(COCCCCS(=O)(=O)[O-])C(OC)C(O)C1O.COC1OC(COCCCCS(=O)[O-])C(OC)C(O)C1O.[Na+]. The van der Waals surface area contributed by atoms with Crippen LogP contribution in [0.2, 0.25) is 0 Å². The number of aliphatic hydroxyl groups is 10.